The van der Waals surface area contributed by atoms with Crippen molar-refractivity contribution in [3.05, 3.63) is 40.7 Å². The average Bonchev–Trinajstić information content (AvgIpc) is 3.11. The lowest BCUT2D eigenvalue weighted by atomic mass is 9.98. The quantitative estimate of drug-likeness (QED) is 0.714. The minimum atomic E-state index is -0.845. The standard InChI is InChI=1S/C18H25N3O2S/c1-4-18(23,5-2)12-19-17(22)20-13(3)16-21-15(11-24-16)14-9-7-6-8-10-14/h6-11,13,23H,4-5,12H2,1-3H3,(H2,19,20,22). The van der Waals surface area contributed by atoms with Crippen LogP contribution in [-0.2, 0) is 0 Å². The van der Waals surface area contributed by atoms with Crippen LogP contribution in [0.3, 0.4) is 0 Å². The Hall–Kier alpha value is -1.92. The molecular weight excluding hydrogens is 322 g/mol. The van der Waals surface area contributed by atoms with E-state index >= 15 is 0 Å². The number of carbonyl (C=O) groups excluding carboxylic acids is 1. The number of urea groups is 1. The van der Waals surface area contributed by atoms with Crippen molar-refractivity contribution >= 4 is 17.4 Å². The Morgan fingerprint density at radius 3 is 2.58 bits per heavy atom. The summed E-state index contributed by atoms with van der Waals surface area (Å²) in [7, 11) is 0. The molecule has 0 saturated carbocycles. The normalized spacial score (nSPS) is 12.7. The highest BCUT2D eigenvalue weighted by atomic mass is 32.1. The molecule has 2 rings (SSSR count). The molecule has 0 aliphatic carbocycles. The molecule has 1 unspecified atom stereocenters. The van der Waals surface area contributed by atoms with Gasteiger partial charge in [0, 0.05) is 17.5 Å². The monoisotopic (exact) mass is 347 g/mol. The number of amides is 2. The van der Waals surface area contributed by atoms with Gasteiger partial charge in [0.25, 0.3) is 0 Å². The fourth-order valence-corrected chi connectivity index (χ4v) is 3.12. The van der Waals surface area contributed by atoms with Crippen LogP contribution in [0.5, 0.6) is 0 Å². The molecule has 0 aliphatic heterocycles. The summed E-state index contributed by atoms with van der Waals surface area (Å²) in [4.78, 5) is 16.6. The molecule has 2 aromatic rings. The highest BCUT2D eigenvalue weighted by molar-refractivity contribution is 7.10. The molecular formula is C18H25N3O2S. The van der Waals surface area contributed by atoms with Gasteiger partial charge in [-0.3, -0.25) is 0 Å². The van der Waals surface area contributed by atoms with E-state index in [0.29, 0.717) is 12.8 Å². The number of nitrogens with zero attached hydrogens (tertiary/aromatic N) is 1. The predicted octanol–water partition coefficient (Wildman–Crippen LogP) is 3.72. The number of hydrogen-bond donors (Lipinski definition) is 3. The van der Waals surface area contributed by atoms with Crippen LogP contribution in [0, 0.1) is 0 Å². The molecule has 2 amide bonds. The van der Waals surface area contributed by atoms with Gasteiger partial charge < -0.3 is 15.7 Å². The molecule has 1 heterocycles. The van der Waals surface area contributed by atoms with E-state index in [-0.39, 0.29) is 18.6 Å². The molecule has 1 aromatic carbocycles. The van der Waals surface area contributed by atoms with Crippen molar-refractivity contribution in [3.63, 3.8) is 0 Å². The summed E-state index contributed by atoms with van der Waals surface area (Å²) in [6.07, 6.45) is 1.21. The Kier molecular flexibility index (Phi) is 6.34. The molecule has 0 aliphatic rings. The lowest BCUT2D eigenvalue weighted by molar-refractivity contribution is 0.0349. The third-order valence-corrected chi connectivity index (χ3v) is 5.23. The van der Waals surface area contributed by atoms with Gasteiger partial charge in [0.05, 0.1) is 17.3 Å². The molecule has 1 atom stereocenters. The van der Waals surface area contributed by atoms with Crippen molar-refractivity contribution in [2.45, 2.75) is 45.3 Å². The Balaban J connectivity index is 1.92. The van der Waals surface area contributed by atoms with Crippen molar-refractivity contribution in [1.82, 2.24) is 15.6 Å². The van der Waals surface area contributed by atoms with Gasteiger partial charge in [-0.15, -0.1) is 11.3 Å². The van der Waals surface area contributed by atoms with Crippen molar-refractivity contribution in [1.29, 1.82) is 0 Å². The minimum absolute atomic E-state index is 0.191. The van der Waals surface area contributed by atoms with E-state index in [2.05, 4.69) is 15.6 Å². The maximum absolute atomic E-state index is 12.0. The van der Waals surface area contributed by atoms with Crippen LogP contribution in [0.15, 0.2) is 35.7 Å². The van der Waals surface area contributed by atoms with E-state index in [9.17, 15) is 9.90 Å². The molecule has 6 heteroatoms. The first-order chi connectivity index (χ1) is 11.5. The molecule has 0 saturated heterocycles. The maximum atomic E-state index is 12.0. The largest absolute Gasteiger partial charge is 0.388 e. The summed E-state index contributed by atoms with van der Waals surface area (Å²) in [5.41, 5.74) is 1.13. The van der Waals surface area contributed by atoms with E-state index in [1.54, 1.807) is 0 Å². The van der Waals surface area contributed by atoms with Crippen molar-refractivity contribution in [2.75, 3.05) is 6.54 Å². The summed E-state index contributed by atoms with van der Waals surface area (Å²) >= 11 is 1.52. The zero-order valence-corrected chi connectivity index (χ0v) is 15.2. The Morgan fingerprint density at radius 1 is 1.29 bits per heavy atom. The van der Waals surface area contributed by atoms with E-state index in [1.165, 1.54) is 11.3 Å². The Bertz CT molecular complexity index is 653. The van der Waals surface area contributed by atoms with Gasteiger partial charge >= 0.3 is 6.03 Å². The van der Waals surface area contributed by atoms with E-state index in [4.69, 9.17) is 0 Å². The number of carbonyl (C=O) groups is 1. The van der Waals surface area contributed by atoms with Gasteiger partial charge in [-0.2, -0.15) is 0 Å². The number of benzene rings is 1. The lowest BCUT2D eigenvalue weighted by Gasteiger charge is -2.25. The fraction of sp³-hybridized carbons (Fsp3) is 0.444. The molecule has 0 bridgehead atoms. The number of nitrogens with one attached hydrogen (secondary N) is 2. The lowest BCUT2D eigenvalue weighted by Crippen LogP contribution is -2.46. The van der Waals surface area contributed by atoms with Crippen LogP contribution in [0.4, 0.5) is 4.79 Å². The maximum Gasteiger partial charge on any atom is 0.315 e. The summed E-state index contributed by atoms with van der Waals surface area (Å²) in [6.45, 7) is 5.96. The number of aromatic nitrogens is 1. The minimum Gasteiger partial charge on any atom is -0.388 e. The SMILES string of the molecule is CCC(O)(CC)CNC(=O)NC(C)c1nc(-c2ccccc2)cs1. The Labute approximate surface area is 147 Å². The topological polar surface area (TPSA) is 74.2 Å². The van der Waals surface area contributed by atoms with Crippen LogP contribution in [0.2, 0.25) is 0 Å². The first-order valence-electron chi connectivity index (χ1n) is 8.25. The number of thiazole rings is 1. The number of hydrogen-bond acceptors (Lipinski definition) is 4. The van der Waals surface area contributed by atoms with Crippen LogP contribution in [0.1, 0.15) is 44.7 Å². The van der Waals surface area contributed by atoms with Crippen LogP contribution < -0.4 is 10.6 Å². The molecule has 24 heavy (non-hydrogen) atoms. The summed E-state index contributed by atoms with van der Waals surface area (Å²) in [6, 6.07) is 9.47. The van der Waals surface area contributed by atoms with Crippen LogP contribution >= 0.6 is 11.3 Å². The first kappa shape index (κ1) is 18.4. The second-order valence-electron chi connectivity index (χ2n) is 5.92. The molecule has 0 radical (unpaired) electrons. The number of rotatable bonds is 7. The van der Waals surface area contributed by atoms with Gasteiger partial charge in [-0.05, 0) is 19.8 Å². The van der Waals surface area contributed by atoms with Crippen molar-refractivity contribution in [2.24, 2.45) is 0 Å². The smallest absolute Gasteiger partial charge is 0.315 e. The van der Waals surface area contributed by atoms with Crippen molar-refractivity contribution in [3.8, 4) is 11.3 Å². The van der Waals surface area contributed by atoms with Gasteiger partial charge in [-0.1, -0.05) is 44.2 Å². The van der Waals surface area contributed by atoms with Gasteiger partial charge in [0.2, 0.25) is 0 Å². The highest BCUT2D eigenvalue weighted by Crippen LogP contribution is 2.25. The molecule has 1 aromatic heterocycles. The summed E-state index contributed by atoms with van der Waals surface area (Å²) in [5, 5.41) is 18.7. The van der Waals surface area contributed by atoms with E-state index < -0.39 is 5.60 Å². The van der Waals surface area contributed by atoms with E-state index in [1.807, 2.05) is 56.5 Å². The first-order valence-corrected chi connectivity index (χ1v) is 9.13. The summed E-state index contributed by atoms with van der Waals surface area (Å²) < 4.78 is 0. The van der Waals surface area contributed by atoms with Crippen LogP contribution in [0.25, 0.3) is 11.3 Å². The molecule has 0 spiro atoms. The molecule has 0 fully saturated rings. The van der Waals surface area contributed by atoms with Gasteiger partial charge in [0.1, 0.15) is 5.01 Å². The predicted molar refractivity (Wildman–Crippen MR) is 98.0 cm³/mol. The zero-order valence-electron chi connectivity index (χ0n) is 14.4. The highest BCUT2D eigenvalue weighted by Gasteiger charge is 2.23. The molecule has 3 N–H and O–H groups in total. The van der Waals surface area contributed by atoms with Crippen LogP contribution in [-0.4, -0.2) is 28.3 Å². The third-order valence-electron chi connectivity index (χ3n) is 4.20. The molecule has 5 nitrogen and oxygen atoms in total. The van der Waals surface area contributed by atoms with Crippen molar-refractivity contribution < 1.29 is 9.90 Å². The summed E-state index contributed by atoms with van der Waals surface area (Å²) in [5.74, 6) is 0. The zero-order chi connectivity index (χ0) is 17.6. The number of aliphatic hydroxyl groups is 1. The average molecular weight is 347 g/mol. The fourth-order valence-electron chi connectivity index (χ4n) is 2.28. The third kappa shape index (κ3) is 4.79. The second kappa shape index (κ2) is 8.26. The Morgan fingerprint density at radius 2 is 1.96 bits per heavy atom. The second-order valence-corrected chi connectivity index (χ2v) is 6.81. The van der Waals surface area contributed by atoms with E-state index in [0.717, 1.165) is 16.3 Å². The van der Waals surface area contributed by atoms with Gasteiger partial charge in [-0.25, -0.2) is 9.78 Å². The molecule has 130 valence electrons. The van der Waals surface area contributed by atoms with Gasteiger partial charge in [0.15, 0.2) is 0 Å².